The van der Waals surface area contributed by atoms with Gasteiger partial charge in [-0.3, -0.25) is 0 Å². The van der Waals surface area contributed by atoms with Crippen LogP contribution < -0.4 is 5.73 Å². The van der Waals surface area contributed by atoms with Gasteiger partial charge < -0.3 is 15.9 Å². The van der Waals surface area contributed by atoms with E-state index < -0.39 is 0 Å². The van der Waals surface area contributed by atoms with Crippen LogP contribution >= 0.6 is 0 Å². The Morgan fingerprint density at radius 2 is 2.14 bits per heavy atom. The fourth-order valence-corrected chi connectivity index (χ4v) is 1.62. The highest BCUT2D eigenvalue weighted by Crippen LogP contribution is 2.20. The SMILES string of the molecule is COCc1cc(C)cc(N)c1C(C)=N. The number of benzene rings is 1. The molecule has 0 aromatic heterocycles. The van der Waals surface area contributed by atoms with Crippen LogP contribution in [0.25, 0.3) is 0 Å². The van der Waals surface area contributed by atoms with Crippen LogP contribution in [0.5, 0.6) is 0 Å². The van der Waals surface area contributed by atoms with E-state index in [1.165, 1.54) is 0 Å². The Kier molecular flexibility index (Phi) is 3.25. The quantitative estimate of drug-likeness (QED) is 0.569. The Morgan fingerprint density at radius 1 is 1.50 bits per heavy atom. The van der Waals surface area contributed by atoms with Gasteiger partial charge in [0.05, 0.1) is 6.61 Å². The number of nitrogen functional groups attached to an aromatic ring is 1. The van der Waals surface area contributed by atoms with Crippen molar-refractivity contribution in [2.75, 3.05) is 12.8 Å². The van der Waals surface area contributed by atoms with Crippen LogP contribution in [0.2, 0.25) is 0 Å². The van der Waals surface area contributed by atoms with Crippen molar-refractivity contribution in [2.24, 2.45) is 0 Å². The molecule has 3 nitrogen and oxygen atoms in total. The predicted octanol–water partition coefficient (Wildman–Crippen LogP) is 2.11. The van der Waals surface area contributed by atoms with Crippen molar-refractivity contribution in [3.8, 4) is 0 Å². The molecule has 0 spiro atoms. The second kappa shape index (κ2) is 4.24. The number of ether oxygens (including phenoxy) is 1. The molecule has 0 saturated carbocycles. The third-order valence-corrected chi connectivity index (χ3v) is 2.07. The van der Waals surface area contributed by atoms with Crippen molar-refractivity contribution in [1.82, 2.24) is 0 Å². The minimum absolute atomic E-state index is 0.481. The second-order valence-electron chi connectivity index (χ2n) is 3.45. The summed E-state index contributed by atoms with van der Waals surface area (Å²) in [6.07, 6.45) is 0. The maximum atomic E-state index is 7.63. The molecule has 14 heavy (non-hydrogen) atoms. The first-order valence-corrected chi connectivity index (χ1v) is 4.49. The van der Waals surface area contributed by atoms with Crippen LogP contribution in [0.4, 0.5) is 5.69 Å². The lowest BCUT2D eigenvalue weighted by Gasteiger charge is -2.11. The van der Waals surface area contributed by atoms with Gasteiger partial charge in [-0.1, -0.05) is 6.07 Å². The van der Waals surface area contributed by atoms with Gasteiger partial charge in [0, 0.05) is 24.1 Å². The summed E-state index contributed by atoms with van der Waals surface area (Å²) in [5.41, 5.74) is 9.88. The zero-order chi connectivity index (χ0) is 10.7. The molecule has 0 amide bonds. The van der Waals surface area contributed by atoms with E-state index in [0.717, 1.165) is 16.7 Å². The molecular formula is C11H16N2O. The molecule has 0 aliphatic rings. The van der Waals surface area contributed by atoms with Crippen LogP contribution in [0.3, 0.4) is 0 Å². The summed E-state index contributed by atoms with van der Waals surface area (Å²) < 4.78 is 5.08. The monoisotopic (exact) mass is 192 g/mol. The molecule has 1 aromatic carbocycles. The van der Waals surface area contributed by atoms with Crippen molar-refractivity contribution in [3.05, 3.63) is 28.8 Å². The standard InChI is InChI=1S/C11H16N2O/c1-7-4-9(6-14-3)11(8(2)12)10(13)5-7/h4-5,12H,6,13H2,1-3H3. The fraction of sp³-hybridized carbons (Fsp3) is 0.364. The van der Waals surface area contributed by atoms with Crippen LogP contribution in [-0.2, 0) is 11.3 Å². The molecule has 0 unspecified atom stereocenters. The summed E-state index contributed by atoms with van der Waals surface area (Å²) in [7, 11) is 1.64. The minimum atomic E-state index is 0.481. The molecule has 3 heteroatoms. The third-order valence-electron chi connectivity index (χ3n) is 2.07. The van der Waals surface area contributed by atoms with Gasteiger partial charge in [0.25, 0.3) is 0 Å². The van der Waals surface area contributed by atoms with Gasteiger partial charge in [-0.05, 0) is 31.0 Å². The van der Waals surface area contributed by atoms with Gasteiger partial charge in [-0.2, -0.15) is 0 Å². The number of nitrogens with two attached hydrogens (primary N) is 1. The molecule has 0 bridgehead atoms. The van der Waals surface area contributed by atoms with Crippen molar-refractivity contribution in [3.63, 3.8) is 0 Å². The van der Waals surface area contributed by atoms with E-state index in [2.05, 4.69) is 0 Å². The Bertz CT molecular complexity index is 359. The van der Waals surface area contributed by atoms with Crippen molar-refractivity contribution >= 4 is 11.4 Å². The smallest absolute Gasteiger partial charge is 0.0720 e. The normalized spacial score (nSPS) is 10.2. The number of nitrogens with one attached hydrogen (secondary N) is 1. The van der Waals surface area contributed by atoms with E-state index in [1.54, 1.807) is 14.0 Å². The lowest BCUT2D eigenvalue weighted by atomic mass is 9.99. The average molecular weight is 192 g/mol. The molecule has 3 N–H and O–H groups in total. The van der Waals surface area contributed by atoms with Gasteiger partial charge in [0.1, 0.15) is 0 Å². The molecule has 0 aliphatic carbocycles. The molecule has 0 heterocycles. The van der Waals surface area contributed by atoms with Crippen LogP contribution in [-0.4, -0.2) is 12.8 Å². The van der Waals surface area contributed by atoms with Gasteiger partial charge in [0.2, 0.25) is 0 Å². The average Bonchev–Trinajstić information content (AvgIpc) is 2.01. The fourth-order valence-electron chi connectivity index (χ4n) is 1.62. The van der Waals surface area contributed by atoms with E-state index in [0.29, 0.717) is 18.0 Å². The summed E-state index contributed by atoms with van der Waals surface area (Å²) in [5, 5.41) is 7.63. The second-order valence-corrected chi connectivity index (χ2v) is 3.45. The Labute approximate surface area is 84.4 Å². The molecule has 76 valence electrons. The molecule has 0 radical (unpaired) electrons. The van der Waals surface area contributed by atoms with E-state index in [4.69, 9.17) is 15.9 Å². The largest absolute Gasteiger partial charge is 0.398 e. The number of hydrogen-bond acceptors (Lipinski definition) is 3. The molecule has 0 aliphatic heterocycles. The first kappa shape index (κ1) is 10.7. The zero-order valence-corrected chi connectivity index (χ0v) is 8.85. The summed E-state index contributed by atoms with van der Waals surface area (Å²) in [6.45, 7) is 4.22. The topological polar surface area (TPSA) is 59.1 Å². The molecule has 1 aromatic rings. The van der Waals surface area contributed by atoms with Gasteiger partial charge >= 0.3 is 0 Å². The van der Waals surface area contributed by atoms with E-state index >= 15 is 0 Å². The lowest BCUT2D eigenvalue weighted by molar-refractivity contribution is 0.185. The van der Waals surface area contributed by atoms with E-state index in [9.17, 15) is 0 Å². The highest BCUT2D eigenvalue weighted by molar-refractivity contribution is 6.02. The number of hydrogen-bond donors (Lipinski definition) is 2. The molecular weight excluding hydrogens is 176 g/mol. The highest BCUT2D eigenvalue weighted by Gasteiger charge is 2.09. The molecule has 0 atom stereocenters. The third kappa shape index (κ3) is 2.12. The first-order chi connectivity index (χ1) is 6.56. The summed E-state index contributed by atoms with van der Waals surface area (Å²) in [5.74, 6) is 0. The lowest BCUT2D eigenvalue weighted by Crippen LogP contribution is -2.06. The summed E-state index contributed by atoms with van der Waals surface area (Å²) >= 11 is 0. The number of aryl methyl sites for hydroxylation is 1. The molecule has 0 saturated heterocycles. The van der Waals surface area contributed by atoms with Crippen LogP contribution in [0.1, 0.15) is 23.6 Å². The van der Waals surface area contributed by atoms with Gasteiger partial charge in [-0.15, -0.1) is 0 Å². The van der Waals surface area contributed by atoms with Crippen LogP contribution in [0.15, 0.2) is 12.1 Å². The maximum absolute atomic E-state index is 7.63. The Balaban J connectivity index is 3.28. The number of rotatable bonds is 3. The Morgan fingerprint density at radius 3 is 2.64 bits per heavy atom. The van der Waals surface area contributed by atoms with Gasteiger partial charge in [0.15, 0.2) is 0 Å². The summed E-state index contributed by atoms with van der Waals surface area (Å²) in [6, 6.07) is 3.89. The highest BCUT2D eigenvalue weighted by atomic mass is 16.5. The van der Waals surface area contributed by atoms with Gasteiger partial charge in [-0.25, -0.2) is 0 Å². The molecule has 1 rings (SSSR count). The maximum Gasteiger partial charge on any atom is 0.0720 e. The van der Waals surface area contributed by atoms with Crippen LogP contribution in [0, 0.1) is 12.3 Å². The minimum Gasteiger partial charge on any atom is -0.398 e. The Hall–Kier alpha value is -1.35. The van der Waals surface area contributed by atoms with Crippen molar-refractivity contribution < 1.29 is 4.74 Å². The van der Waals surface area contributed by atoms with E-state index in [1.807, 2.05) is 19.1 Å². The first-order valence-electron chi connectivity index (χ1n) is 4.49. The summed E-state index contributed by atoms with van der Waals surface area (Å²) in [4.78, 5) is 0. The van der Waals surface area contributed by atoms with Crippen molar-refractivity contribution in [2.45, 2.75) is 20.5 Å². The number of anilines is 1. The van der Waals surface area contributed by atoms with Crippen molar-refractivity contribution in [1.29, 1.82) is 5.41 Å². The zero-order valence-electron chi connectivity index (χ0n) is 8.85. The predicted molar refractivity (Wildman–Crippen MR) is 58.8 cm³/mol. The molecule has 0 fully saturated rings. The number of methoxy groups -OCH3 is 1. The van der Waals surface area contributed by atoms with E-state index in [-0.39, 0.29) is 0 Å².